The van der Waals surface area contributed by atoms with Gasteiger partial charge in [0.05, 0.1) is 0 Å². The Labute approximate surface area is 189 Å². The molecule has 0 fully saturated rings. The van der Waals surface area contributed by atoms with E-state index in [9.17, 15) is 4.79 Å². The molecule has 0 saturated heterocycles. The Kier molecular flexibility index (Phi) is 5.27. The largest absolute Gasteiger partial charge is 0.457 e. The van der Waals surface area contributed by atoms with Crippen molar-refractivity contribution < 1.29 is 13.6 Å². The van der Waals surface area contributed by atoms with E-state index in [1.54, 1.807) is 6.08 Å². The van der Waals surface area contributed by atoms with Gasteiger partial charge in [-0.3, -0.25) is 10.1 Å². The van der Waals surface area contributed by atoms with Gasteiger partial charge in [0.15, 0.2) is 5.11 Å². The number of benzene rings is 3. The molecule has 0 bridgehead atoms. The fourth-order valence-corrected chi connectivity index (χ4v) is 3.70. The fourth-order valence-electron chi connectivity index (χ4n) is 3.48. The molecule has 0 atom stereocenters. The summed E-state index contributed by atoms with van der Waals surface area (Å²) in [5.74, 6) is 0.960. The minimum Gasteiger partial charge on any atom is -0.457 e. The predicted octanol–water partition coefficient (Wildman–Crippen LogP) is 6.37. The molecule has 0 unspecified atom stereocenters. The summed E-state index contributed by atoms with van der Waals surface area (Å²) in [5, 5.41) is 7.93. The van der Waals surface area contributed by atoms with Gasteiger partial charge in [-0.1, -0.05) is 48.5 Å². The van der Waals surface area contributed by atoms with E-state index >= 15 is 0 Å². The summed E-state index contributed by atoms with van der Waals surface area (Å²) in [4.78, 5) is 12.2. The molecule has 2 aromatic heterocycles. The molecule has 156 valence electrons. The summed E-state index contributed by atoms with van der Waals surface area (Å²) in [6.07, 6.45) is 2.98. The molecule has 5 rings (SSSR count). The van der Waals surface area contributed by atoms with Gasteiger partial charge in [0.1, 0.15) is 22.7 Å². The second-order valence-electron chi connectivity index (χ2n) is 7.15. The number of furan rings is 2. The molecule has 2 N–H and O–H groups in total. The van der Waals surface area contributed by atoms with E-state index in [2.05, 4.69) is 10.6 Å². The first-order chi connectivity index (χ1) is 15.7. The standard InChI is InChI=1S/C26H18N2O3S/c29-25(15-12-19-11-14-22(30-19)17-6-2-1-3-7-17)28-26(32)27-18-10-13-21-20-8-4-5-9-23(20)31-24(21)16-18/h1-16H,(H2,27,28,29,32)/b15-12+. The maximum absolute atomic E-state index is 12.2. The minimum atomic E-state index is -0.357. The number of hydrogen-bond acceptors (Lipinski definition) is 4. The Bertz CT molecular complexity index is 1460. The van der Waals surface area contributed by atoms with Crippen LogP contribution in [0.4, 0.5) is 5.69 Å². The van der Waals surface area contributed by atoms with Crippen LogP contribution in [-0.4, -0.2) is 11.0 Å². The number of para-hydroxylation sites is 1. The van der Waals surface area contributed by atoms with Crippen LogP contribution >= 0.6 is 12.2 Å². The normalized spacial score (nSPS) is 11.2. The molecule has 5 nitrogen and oxygen atoms in total. The Morgan fingerprint density at radius 1 is 0.812 bits per heavy atom. The lowest BCUT2D eigenvalue weighted by Gasteiger charge is -2.07. The van der Waals surface area contributed by atoms with Gasteiger partial charge in [-0.15, -0.1) is 0 Å². The summed E-state index contributed by atoms with van der Waals surface area (Å²) in [6, 6.07) is 27.0. The van der Waals surface area contributed by atoms with Crippen LogP contribution in [-0.2, 0) is 4.79 Å². The number of hydrogen-bond donors (Lipinski definition) is 2. The molecule has 1 amide bonds. The van der Waals surface area contributed by atoms with Crippen LogP contribution in [0.5, 0.6) is 0 Å². The van der Waals surface area contributed by atoms with Gasteiger partial charge < -0.3 is 14.2 Å². The Morgan fingerprint density at radius 2 is 1.59 bits per heavy atom. The minimum absolute atomic E-state index is 0.194. The molecule has 0 aliphatic carbocycles. The van der Waals surface area contributed by atoms with Crippen molar-refractivity contribution in [2.24, 2.45) is 0 Å². The second kappa shape index (κ2) is 8.53. The van der Waals surface area contributed by atoms with E-state index in [4.69, 9.17) is 21.1 Å². The monoisotopic (exact) mass is 438 g/mol. The lowest BCUT2D eigenvalue weighted by Crippen LogP contribution is -2.32. The zero-order valence-electron chi connectivity index (χ0n) is 16.9. The van der Waals surface area contributed by atoms with Crippen LogP contribution in [0.15, 0.2) is 99.8 Å². The summed E-state index contributed by atoms with van der Waals surface area (Å²) in [7, 11) is 0. The highest BCUT2D eigenvalue weighted by molar-refractivity contribution is 7.80. The highest BCUT2D eigenvalue weighted by Gasteiger charge is 2.08. The Morgan fingerprint density at radius 3 is 2.47 bits per heavy atom. The number of rotatable bonds is 4. The van der Waals surface area contributed by atoms with Crippen molar-refractivity contribution in [3.8, 4) is 11.3 Å². The van der Waals surface area contributed by atoms with Crippen LogP contribution < -0.4 is 10.6 Å². The first-order valence-corrected chi connectivity index (χ1v) is 10.4. The number of carbonyl (C=O) groups excluding carboxylic acids is 1. The quantitative estimate of drug-likeness (QED) is 0.252. The molecule has 0 aliphatic heterocycles. The summed E-state index contributed by atoms with van der Waals surface area (Å²) < 4.78 is 11.6. The number of nitrogens with one attached hydrogen (secondary N) is 2. The predicted molar refractivity (Wildman–Crippen MR) is 131 cm³/mol. The van der Waals surface area contributed by atoms with E-state index < -0.39 is 0 Å². The molecule has 6 heteroatoms. The number of anilines is 1. The van der Waals surface area contributed by atoms with Gasteiger partial charge in [-0.25, -0.2) is 0 Å². The van der Waals surface area contributed by atoms with Gasteiger partial charge >= 0.3 is 0 Å². The molecule has 0 spiro atoms. The second-order valence-corrected chi connectivity index (χ2v) is 7.56. The first-order valence-electron chi connectivity index (χ1n) is 10.0. The fraction of sp³-hybridized carbons (Fsp3) is 0. The third kappa shape index (κ3) is 4.17. The van der Waals surface area contributed by atoms with Crippen LogP contribution in [0.1, 0.15) is 5.76 Å². The lowest BCUT2D eigenvalue weighted by atomic mass is 10.1. The molecular formula is C26H18N2O3S. The van der Waals surface area contributed by atoms with E-state index in [-0.39, 0.29) is 11.0 Å². The highest BCUT2D eigenvalue weighted by atomic mass is 32.1. The number of carbonyl (C=O) groups is 1. The lowest BCUT2D eigenvalue weighted by molar-refractivity contribution is -0.115. The van der Waals surface area contributed by atoms with Crippen LogP contribution in [0, 0.1) is 0 Å². The van der Waals surface area contributed by atoms with E-state index in [1.165, 1.54) is 6.08 Å². The number of amides is 1. The topological polar surface area (TPSA) is 67.4 Å². The number of fused-ring (bicyclic) bond motifs is 3. The third-order valence-corrected chi connectivity index (χ3v) is 5.16. The molecule has 0 saturated carbocycles. The van der Waals surface area contributed by atoms with Crippen molar-refractivity contribution in [2.75, 3.05) is 5.32 Å². The maximum atomic E-state index is 12.2. The average molecular weight is 439 g/mol. The van der Waals surface area contributed by atoms with Gasteiger partial charge in [-0.2, -0.15) is 0 Å². The van der Waals surface area contributed by atoms with E-state index in [1.807, 2.05) is 84.9 Å². The molecule has 32 heavy (non-hydrogen) atoms. The zero-order chi connectivity index (χ0) is 21.9. The molecular weight excluding hydrogens is 420 g/mol. The molecule has 3 aromatic carbocycles. The van der Waals surface area contributed by atoms with Crippen LogP contribution in [0.3, 0.4) is 0 Å². The Hall–Kier alpha value is -4.16. The third-order valence-electron chi connectivity index (χ3n) is 4.96. The summed E-state index contributed by atoms with van der Waals surface area (Å²) in [6.45, 7) is 0. The van der Waals surface area contributed by atoms with Crippen molar-refractivity contribution >= 4 is 56.9 Å². The SMILES string of the molecule is O=C(/C=C/c1ccc(-c2ccccc2)o1)NC(=S)Nc1ccc2c(c1)oc1ccccc12. The zero-order valence-corrected chi connectivity index (χ0v) is 17.7. The highest BCUT2D eigenvalue weighted by Crippen LogP contribution is 2.30. The molecule has 5 aromatic rings. The van der Waals surface area contributed by atoms with Crippen molar-refractivity contribution in [1.82, 2.24) is 5.32 Å². The van der Waals surface area contributed by atoms with Crippen molar-refractivity contribution in [3.63, 3.8) is 0 Å². The van der Waals surface area contributed by atoms with Gasteiger partial charge in [0.2, 0.25) is 5.91 Å². The molecule has 2 heterocycles. The van der Waals surface area contributed by atoms with Gasteiger partial charge in [0, 0.05) is 34.2 Å². The van der Waals surface area contributed by atoms with Crippen molar-refractivity contribution in [3.05, 3.63) is 96.8 Å². The maximum Gasteiger partial charge on any atom is 0.250 e. The number of thiocarbonyl (C=S) groups is 1. The Balaban J connectivity index is 1.22. The van der Waals surface area contributed by atoms with Gasteiger partial charge in [0.25, 0.3) is 0 Å². The van der Waals surface area contributed by atoms with Crippen LogP contribution in [0.25, 0.3) is 39.3 Å². The summed E-state index contributed by atoms with van der Waals surface area (Å²) in [5.41, 5.74) is 3.28. The smallest absolute Gasteiger partial charge is 0.250 e. The van der Waals surface area contributed by atoms with E-state index in [0.29, 0.717) is 5.76 Å². The van der Waals surface area contributed by atoms with Crippen molar-refractivity contribution in [1.29, 1.82) is 0 Å². The van der Waals surface area contributed by atoms with Crippen molar-refractivity contribution in [2.45, 2.75) is 0 Å². The molecule has 0 aliphatic rings. The van der Waals surface area contributed by atoms with Gasteiger partial charge in [-0.05, 0) is 48.6 Å². The first kappa shape index (κ1) is 19.8. The van der Waals surface area contributed by atoms with E-state index in [0.717, 1.165) is 38.9 Å². The summed E-state index contributed by atoms with van der Waals surface area (Å²) >= 11 is 5.27. The molecule has 0 radical (unpaired) electrons. The van der Waals surface area contributed by atoms with Crippen LogP contribution in [0.2, 0.25) is 0 Å². The average Bonchev–Trinajstić information content (AvgIpc) is 3.42.